The highest BCUT2D eigenvalue weighted by Crippen LogP contribution is 2.31. The number of nitro benzene ring substituents is 1. The number of carbonyl (C=O) groups excluding carboxylic acids is 1. The van der Waals surface area contributed by atoms with Crippen LogP contribution in [0.3, 0.4) is 0 Å². The predicted octanol–water partition coefficient (Wildman–Crippen LogP) is 1.61. The molecule has 0 spiro atoms. The summed E-state index contributed by atoms with van der Waals surface area (Å²) in [6, 6.07) is 8.76. The van der Waals surface area contributed by atoms with E-state index in [1.807, 2.05) is 0 Å². The lowest BCUT2D eigenvalue weighted by molar-refractivity contribution is -0.384. The standard InChI is InChI=1S/C19H20N2O9S2/c1-13-3-7-16(8-4-13)31(25,26)20-12-15(11-18(20)19(22)29-2)30-32(27,28)17-9-5-14(6-10-17)21(23)24/h3-10,15,18H,11-12H2,1-2H3/t15?,18-/m0/s1. The van der Waals surface area contributed by atoms with Gasteiger partial charge < -0.3 is 4.74 Å². The van der Waals surface area contributed by atoms with Gasteiger partial charge in [0, 0.05) is 25.1 Å². The number of hydrogen-bond donors (Lipinski definition) is 0. The minimum absolute atomic E-state index is 0.0594. The van der Waals surface area contributed by atoms with E-state index in [2.05, 4.69) is 0 Å². The van der Waals surface area contributed by atoms with Crippen LogP contribution in [0.2, 0.25) is 0 Å². The number of non-ortho nitro benzene ring substituents is 1. The highest BCUT2D eigenvalue weighted by molar-refractivity contribution is 7.89. The van der Waals surface area contributed by atoms with Crippen LogP contribution in [-0.4, -0.2) is 57.8 Å². The van der Waals surface area contributed by atoms with Gasteiger partial charge in [-0.2, -0.15) is 12.7 Å². The number of carbonyl (C=O) groups is 1. The maximum atomic E-state index is 13.1. The van der Waals surface area contributed by atoms with Crippen LogP contribution < -0.4 is 0 Å². The predicted molar refractivity (Wildman–Crippen MR) is 111 cm³/mol. The number of benzene rings is 2. The Hall–Kier alpha value is -2.87. The van der Waals surface area contributed by atoms with Crippen LogP contribution in [0.4, 0.5) is 5.69 Å². The summed E-state index contributed by atoms with van der Waals surface area (Å²) in [5, 5.41) is 10.8. The Morgan fingerprint density at radius 2 is 1.59 bits per heavy atom. The van der Waals surface area contributed by atoms with Gasteiger partial charge in [0.1, 0.15) is 6.04 Å². The van der Waals surface area contributed by atoms with E-state index in [1.165, 1.54) is 12.1 Å². The first-order chi connectivity index (χ1) is 15.0. The van der Waals surface area contributed by atoms with E-state index >= 15 is 0 Å². The molecule has 0 amide bonds. The molecule has 32 heavy (non-hydrogen) atoms. The molecule has 1 aliphatic heterocycles. The van der Waals surface area contributed by atoms with E-state index in [0.29, 0.717) is 0 Å². The third-order valence-corrected chi connectivity index (χ3v) is 8.18. The molecule has 1 heterocycles. The van der Waals surface area contributed by atoms with Crippen molar-refractivity contribution in [1.82, 2.24) is 4.31 Å². The van der Waals surface area contributed by atoms with Crippen LogP contribution in [0.1, 0.15) is 12.0 Å². The van der Waals surface area contributed by atoms with Gasteiger partial charge in [-0.25, -0.2) is 8.42 Å². The van der Waals surface area contributed by atoms with E-state index in [1.54, 1.807) is 19.1 Å². The number of esters is 1. The van der Waals surface area contributed by atoms with Crippen LogP contribution in [0, 0.1) is 17.0 Å². The number of aryl methyl sites for hydroxylation is 1. The summed E-state index contributed by atoms with van der Waals surface area (Å²) < 4.78 is 62.2. The van der Waals surface area contributed by atoms with Crippen LogP contribution in [0.5, 0.6) is 0 Å². The van der Waals surface area contributed by atoms with Gasteiger partial charge in [-0.3, -0.25) is 19.1 Å². The van der Waals surface area contributed by atoms with E-state index in [9.17, 15) is 31.7 Å². The Morgan fingerprint density at radius 3 is 2.12 bits per heavy atom. The molecule has 0 bridgehead atoms. The molecule has 172 valence electrons. The van der Waals surface area contributed by atoms with Gasteiger partial charge in [-0.15, -0.1) is 0 Å². The molecular weight excluding hydrogens is 464 g/mol. The van der Waals surface area contributed by atoms with Crippen molar-refractivity contribution in [1.29, 1.82) is 0 Å². The number of sulfonamides is 1. The van der Waals surface area contributed by atoms with Crippen LogP contribution in [0.15, 0.2) is 58.3 Å². The average Bonchev–Trinajstić information content (AvgIpc) is 3.17. The van der Waals surface area contributed by atoms with Gasteiger partial charge in [-0.05, 0) is 31.2 Å². The third-order valence-electron chi connectivity index (χ3n) is 4.92. The lowest BCUT2D eigenvalue weighted by Crippen LogP contribution is -2.41. The molecule has 0 aliphatic carbocycles. The second-order valence-corrected chi connectivity index (χ2v) is 10.5. The topological polar surface area (TPSA) is 150 Å². The van der Waals surface area contributed by atoms with Crippen molar-refractivity contribution >= 4 is 31.8 Å². The molecule has 1 fully saturated rings. The van der Waals surface area contributed by atoms with Crippen LogP contribution >= 0.6 is 0 Å². The second-order valence-electron chi connectivity index (χ2n) is 7.09. The van der Waals surface area contributed by atoms with E-state index in [0.717, 1.165) is 41.2 Å². The Bertz CT molecular complexity index is 1220. The zero-order chi connectivity index (χ0) is 23.7. The average molecular weight is 485 g/mol. The maximum Gasteiger partial charge on any atom is 0.324 e. The molecular formula is C19H20N2O9S2. The Balaban J connectivity index is 1.87. The first-order valence-corrected chi connectivity index (χ1v) is 12.1. The van der Waals surface area contributed by atoms with E-state index < -0.39 is 49.7 Å². The Labute approximate surface area is 184 Å². The van der Waals surface area contributed by atoms with Crippen molar-refractivity contribution in [2.24, 2.45) is 0 Å². The first-order valence-electron chi connectivity index (χ1n) is 9.30. The quantitative estimate of drug-likeness (QED) is 0.247. The minimum Gasteiger partial charge on any atom is -0.468 e. The number of rotatable bonds is 7. The molecule has 1 unspecified atom stereocenters. The zero-order valence-electron chi connectivity index (χ0n) is 17.1. The Morgan fingerprint density at radius 1 is 1.03 bits per heavy atom. The SMILES string of the molecule is COC(=O)[C@@H]1CC(OS(=O)(=O)c2ccc([N+](=O)[O-])cc2)CN1S(=O)(=O)c1ccc(C)cc1. The smallest absolute Gasteiger partial charge is 0.324 e. The summed E-state index contributed by atoms with van der Waals surface area (Å²) in [5.74, 6) is -0.848. The van der Waals surface area contributed by atoms with E-state index in [4.69, 9.17) is 8.92 Å². The number of hydrogen-bond acceptors (Lipinski definition) is 9. The lowest BCUT2D eigenvalue weighted by atomic mass is 10.2. The summed E-state index contributed by atoms with van der Waals surface area (Å²) in [6.07, 6.45) is -1.41. The molecule has 2 aromatic carbocycles. The fourth-order valence-electron chi connectivity index (χ4n) is 3.27. The largest absolute Gasteiger partial charge is 0.468 e. The molecule has 2 aromatic rings. The first kappa shape index (κ1) is 23.8. The van der Waals surface area contributed by atoms with Crippen molar-refractivity contribution in [2.75, 3.05) is 13.7 Å². The third kappa shape index (κ3) is 4.80. The summed E-state index contributed by atoms with van der Waals surface area (Å²) in [7, 11) is -7.42. The van der Waals surface area contributed by atoms with Gasteiger partial charge in [0.15, 0.2) is 0 Å². The van der Waals surface area contributed by atoms with E-state index in [-0.39, 0.29) is 21.9 Å². The van der Waals surface area contributed by atoms with Gasteiger partial charge in [0.05, 0.1) is 27.9 Å². The molecule has 13 heteroatoms. The second kappa shape index (κ2) is 8.94. The molecule has 2 atom stereocenters. The van der Waals surface area contributed by atoms with Crippen molar-refractivity contribution in [3.63, 3.8) is 0 Å². The highest BCUT2D eigenvalue weighted by atomic mass is 32.2. The summed E-state index contributed by atoms with van der Waals surface area (Å²) >= 11 is 0. The maximum absolute atomic E-state index is 13.1. The summed E-state index contributed by atoms with van der Waals surface area (Å²) in [6.45, 7) is 1.39. The zero-order valence-corrected chi connectivity index (χ0v) is 18.7. The lowest BCUT2D eigenvalue weighted by Gasteiger charge is -2.22. The number of nitrogens with zero attached hydrogens (tertiary/aromatic N) is 2. The van der Waals surface area contributed by atoms with Gasteiger partial charge >= 0.3 is 5.97 Å². The molecule has 0 N–H and O–H groups in total. The van der Waals surface area contributed by atoms with Crippen LogP contribution in [-0.2, 0) is 33.9 Å². The molecule has 0 radical (unpaired) electrons. The molecule has 3 rings (SSSR count). The van der Waals surface area contributed by atoms with Crippen LogP contribution in [0.25, 0.3) is 0 Å². The Kier molecular flexibility index (Phi) is 6.64. The van der Waals surface area contributed by atoms with Crippen molar-refractivity contribution < 1.29 is 35.5 Å². The molecule has 0 aromatic heterocycles. The monoisotopic (exact) mass is 484 g/mol. The minimum atomic E-state index is -4.38. The van der Waals surface area contributed by atoms with Gasteiger partial charge in [-0.1, -0.05) is 17.7 Å². The normalized spacial score (nSPS) is 19.6. The number of nitro groups is 1. The van der Waals surface area contributed by atoms with Crippen molar-refractivity contribution in [3.05, 3.63) is 64.2 Å². The van der Waals surface area contributed by atoms with Crippen molar-refractivity contribution in [3.8, 4) is 0 Å². The number of ether oxygens (including phenoxy) is 1. The van der Waals surface area contributed by atoms with Crippen molar-refractivity contribution in [2.45, 2.75) is 35.3 Å². The summed E-state index contributed by atoms with van der Waals surface area (Å²) in [4.78, 5) is 21.9. The van der Waals surface area contributed by atoms with Gasteiger partial charge in [0.2, 0.25) is 10.0 Å². The fourth-order valence-corrected chi connectivity index (χ4v) is 5.97. The highest BCUT2D eigenvalue weighted by Gasteiger charge is 2.46. The molecule has 11 nitrogen and oxygen atoms in total. The molecule has 0 saturated carbocycles. The number of methoxy groups -OCH3 is 1. The molecule has 1 aliphatic rings. The van der Waals surface area contributed by atoms with Gasteiger partial charge in [0.25, 0.3) is 15.8 Å². The molecule has 1 saturated heterocycles. The summed E-state index contributed by atoms with van der Waals surface area (Å²) in [5.41, 5.74) is 0.538. The fraction of sp³-hybridized carbons (Fsp3) is 0.316.